The SMILES string of the molecule is CCN(Cc1c[nH]c2ccccc12)C(=O)c1ccon1. The van der Waals surface area contributed by atoms with Crippen LogP contribution < -0.4 is 0 Å². The van der Waals surface area contributed by atoms with Crippen LogP contribution >= 0.6 is 0 Å². The van der Waals surface area contributed by atoms with Gasteiger partial charge in [0.2, 0.25) is 0 Å². The molecule has 0 spiro atoms. The molecule has 0 unspecified atom stereocenters. The van der Waals surface area contributed by atoms with Crippen LogP contribution in [0, 0.1) is 0 Å². The highest BCUT2D eigenvalue weighted by molar-refractivity contribution is 5.92. The van der Waals surface area contributed by atoms with E-state index in [4.69, 9.17) is 4.52 Å². The third-order valence-corrected chi connectivity index (χ3v) is 3.36. The third kappa shape index (κ3) is 2.18. The van der Waals surface area contributed by atoms with E-state index < -0.39 is 0 Å². The number of carbonyl (C=O) groups is 1. The molecule has 20 heavy (non-hydrogen) atoms. The molecule has 3 rings (SSSR count). The van der Waals surface area contributed by atoms with Crippen molar-refractivity contribution in [3.63, 3.8) is 0 Å². The van der Waals surface area contributed by atoms with E-state index >= 15 is 0 Å². The summed E-state index contributed by atoms with van der Waals surface area (Å²) in [7, 11) is 0. The number of H-pyrrole nitrogens is 1. The summed E-state index contributed by atoms with van der Waals surface area (Å²) < 4.78 is 4.73. The minimum Gasteiger partial charge on any atom is -0.364 e. The average molecular weight is 269 g/mol. The molecule has 0 aliphatic heterocycles. The van der Waals surface area contributed by atoms with Crippen LogP contribution in [0.3, 0.4) is 0 Å². The molecule has 0 saturated carbocycles. The van der Waals surface area contributed by atoms with Gasteiger partial charge >= 0.3 is 0 Å². The Bertz CT molecular complexity index is 716. The lowest BCUT2D eigenvalue weighted by Gasteiger charge is -2.19. The molecule has 0 atom stereocenters. The summed E-state index contributed by atoms with van der Waals surface area (Å²) >= 11 is 0. The van der Waals surface area contributed by atoms with E-state index in [1.54, 1.807) is 11.0 Å². The van der Waals surface area contributed by atoms with Gasteiger partial charge in [0.05, 0.1) is 0 Å². The van der Waals surface area contributed by atoms with Gasteiger partial charge in [-0.3, -0.25) is 4.79 Å². The zero-order valence-corrected chi connectivity index (χ0v) is 11.2. The van der Waals surface area contributed by atoms with Gasteiger partial charge in [0, 0.05) is 36.3 Å². The van der Waals surface area contributed by atoms with Crippen molar-refractivity contribution in [3.05, 3.63) is 54.0 Å². The predicted molar refractivity (Wildman–Crippen MR) is 75.2 cm³/mol. The Morgan fingerprint density at radius 1 is 1.35 bits per heavy atom. The first-order valence-corrected chi connectivity index (χ1v) is 6.54. The number of aromatic nitrogens is 2. The minimum absolute atomic E-state index is 0.119. The van der Waals surface area contributed by atoms with E-state index in [-0.39, 0.29) is 5.91 Å². The third-order valence-electron chi connectivity index (χ3n) is 3.36. The van der Waals surface area contributed by atoms with Crippen LogP contribution in [0.25, 0.3) is 10.9 Å². The molecule has 0 radical (unpaired) electrons. The average Bonchev–Trinajstić information content (AvgIpc) is 3.14. The molecule has 0 aliphatic carbocycles. The number of aromatic amines is 1. The van der Waals surface area contributed by atoms with Crippen LogP contribution in [0.2, 0.25) is 0 Å². The maximum absolute atomic E-state index is 12.3. The molecule has 1 aromatic carbocycles. The Hall–Kier alpha value is -2.56. The van der Waals surface area contributed by atoms with Crippen molar-refractivity contribution < 1.29 is 9.32 Å². The first-order valence-electron chi connectivity index (χ1n) is 6.54. The molecule has 5 nitrogen and oxygen atoms in total. The smallest absolute Gasteiger partial charge is 0.276 e. The molecule has 1 N–H and O–H groups in total. The van der Waals surface area contributed by atoms with Gasteiger partial charge in [-0.25, -0.2) is 0 Å². The maximum Gasteiger partial charge on any atom is 0.276 e. The zero-order chi connectivity index (χ0) is 13.9. The van der Waals surface area contributed by atoms with Crippen molar-refractivity contribution in [2.45, 2.75) is 13.5 Å². The Morgan fingerprint density at radius 3 is 2.95 bits per heavy atom. The van der Waals surface area contributed by atoms with Crippen LogP contribution in [-0.4, -0.2) is 27.5 Å². The van der Waals surface area contributed by atoms with E-state index in [9.17, 15) is 4.79 Å². The van der Waals surface area contributed by atoms with Gasteiger partial charge in [-0.05, 0) is 18.6 Å². The van der Waals surface area contributed by atoms with Crippen LogP contribution in [-0.2, 0) is 6.54 Å². The van der Waals surface area contributed by atoms with Crippen molar-refractivity contribution in [1.29, 1.82) is 0 Å². The fourth-order valence-electron chi connectivity index (χ4n) is 2.28. The number of nitrogens with one attached hydrogen (secondary N) is 1. The second kappa shape index (κ2) is 5.21. The highest BCUT2D eigenvalue weighted by atomic mass is 16.5. The van der Waals surface area contributed by atoms with Gasteiger partial charge in [-0.15, -0.1) is 0 Å². The van der Waals surface area contributed by atoms with E-state index in [0.717, 1.165) is 16.5 Å². The molecule has 0 aliphatic rings. The molecule has 0 saturated heterocycles. The number of carbonyl (C=O) groups excluding carboxylic acids is 1. The minimum atomic E-state index is -0.119. The highest BCUT2D eigenvalue weighted by Crippen LogP contribution is 2.19. The lowest BCUT2D eigenvalue weighted by atomic mass is 10.1. The van der Waals surface area contributed by atoms with Gasteiger partial charge < -0.3 is 14.4 Å². The number of hydrogen-bond acceptors (Lipinski definition) is 3. The Morgan fingerprint density at radius 2 is 2.20 bits per heavy atom. The van der Waals surface area contributed by atoms with Gasteiger partial charge in [0.25, 0.3) is 5.91 Å². The molecule has 2 heterocycles. The summed E-state index contributed by atoms with van der Waals surface area (Å²) in [6.07, 6.45) is 3.36. The van der Waals surface area contributed by atoms with Crippen LogP contribution in [0.5, 0.6) is 0 Å². The van der Waals surface area contributed by atoms with Crippen LogP contribution in [0.4, 0.5) is 0 Å². The van der Waals surface area contributed by atoms with Crippen LogP contribution in [0.1, 0.15) is 23.0 Å². The fraction of sp³-hybridized carbons (Fsp3) is 0.200. The monoisotopic (exact) mass is 269 g/mol. The van der Waals surface area contributed by atoms with Crippen molar-refractivity contribution in [3.8, 4) is 0 Å². The molecule has 0 bridgehead atoms. The first-order chi connectivity index (χ1) is 9.79. The molecule has 2 aromatic heterocycles. The van der Waals surface area contributed by atoms with Crippen LogP contribution in [0.15, 0.2) is 47.3 Å². The largest absolute Gasteiger partial charge is 0.364 e. The number of benzene rings is 1. The molecular formula is C15H15N3O2. The highest BCUT2D eigenvalue weighted by Gasteiger charge is 2.18. The molecule has 5 heteroatoms. The summed E-state index contributed by atoms with van der Waals surface area (Å²) in [6.45, 7) is 3.12. The fourth-order valence-corrected chi connectivity index (χ4v) is 2.28. The van der Waals surface area contributed by atoms with Gasteiger partial charge in [-0.1, -0.05) is 23.4 Å². The number of hydrogen-bond donors (Lipinski definition) is 1. The number of rotatable bonds is 4. The van der Waals surface area contributed by atoms with Gasteiger partial charge in [0.1, 0.15) is 6.26 Å². The summed E-state index contributed by atoms with van der Waals surface area (Å²) in [5, 5.41) is 4.84. The van der Waals surface area contributed by atoms with E-state index in [1.165, 1.54) is 6.26 Å². The lowest BCUT2D eigenvalue weighted by molar-refractivity contribution is 0.0743. The van der Waals surface area contributed by atoms with Gasteiger partial charge in [0.15, 0.2) is 5.69 Å². The second-order valence-electron chi connectivity index (χ2n) is 4.56. The number of fused-ring (bicyclic) bond motifs is 1. The molecule has 0 fully saturated rings. The normalized spacial score (nSPS) is 10.8. The zero-order valence-electron chi connectivity index (χ0n) is 11.2. The van der Waals surface area contributed by atoms with Crippen molar-refractivity contribution in [1.82, 2.24) is 15.0 Å². The first kappa shape index (κ1) is 12.5. The Balaban J connectivity index is 1.86. The summed E-state index contributed by atoms with van der Waals surface area (Å²) in [6, 6.07) is 9.64. The van der Waals surface area contributed by atoms with E-state index in [2.05, 4.69) is 16.2 Å². The number of para-hydroxylation sites is 1. The summed E-state index contributed by atoms with van der Waals surface area (Å²) in [5.74, 6) is -0.119. The lowest BCUT2D eigenvalue weighted by Crippen LogP contribution is -2.30. The quantitative estimate of drug-likeness (QED) is 0.792. The Labute approximate surface area is 116 Å². The van der Waals surface area contributed by atoms with Gasteiger partial charge in [-0.2, -0.15) is 0 Å². The number of amides is 1. The van der Waals surface area contributed by atoms with Crippen molar-refractivity contribution in [2.24, 2.45) is 0 Å². The molecule has 3 aromatic rings. The standard InChI is InChI=1S/C15H15N3O2/c1-2-18(15(19)14-7-8-20-17-14)10-11-9-16-13-6-4-3-5-12(11)13/h3-9,16H,2,10H2,1H3. The van der Waals surface area contributed by atoms with Crippen molar-refractivity contribution in [2.75, 3.05) is 6.54 Å². The van der Waals surface area contributed by atoms with E-state index in [0.29, 0.717) is 18.8 Å². The second-order valence-corrected chi connectivity index (χ2v) is 4.56. The van der Waals surface area contributed by atoms with Crippen molar-refractivity contribution >= 4 is 16.8 Å². The topological polar surface area (TPSA) is 62.1 Å². The molecular weight excluding hydrogens is 254 g/mol. The maximum atomic E-state index is 12.3. The summed E-state index contributed by atoms with van der Waals surface area (Å²) in [4.78, 5) is 17.3. The number of nitrogens with zero attached hydrogens (tertiary/aromatic N) is 2. The molecule has 1 amide bonds. The Kier molecular flexibility index (Phi) is 3.25. The predicted octanol–water partition coefficient (Wildman–Crippen LogP) is 2.82. The summed E-state index contributed by atoms with van der Waals surface area (Å²) in [5.41, 5.74) is 2.51. The van der Waals surface area contributed by atoms with E-state index in [1.807, 2.05) is 31.3 Å². The molecule has 102 valence electrons.